The molecule has 1 heterocycles. The number of nitrogens with one attached hydrogen (secondary N) is 2. The molecule has 0 spiro atoms. The number of carbonyl (C=O) groups excluding carboxylic acids is 1. The molecule has 1 atom stereocenters. The van der Waals surface area contributed by atoms with Crippen molar-refractivity contribution in [3.8, 4) is 0 Å². The zero-order valence-electron chi connectivity index (χ0n) is 10.4. The second-order valence-corrected chi connectivity index (χ2v) is 5.45. The number of alkyl halides is 3. The van der Waals surface area contributed by atoms with Crippen molar-refractivity contribution in [1.29, 1.82) is 0 Å². The van der Waals surface area contributed by atoms with E-state index in [4.69, 9.17) is 0 Å². The molecule has 1 aliphatic rings. The molecule has 1 rings (SSSR count). The van der Waals surface area contributed by atoms with Crippen molar-refractivity contribution in [1.82, 2.24) is 10.6 Å². The molecule has 1 aliphatic heterocycles. The maximum absolute atomic E-state index is 13.0. The highest BCUT2D eigenvalue weighted by Gasteiger charge is 2.61. The van der Waals surface area contributed by atoms with E-state index in [1.807, 2.05) is 6.26 Å². The fourth-order valence-electron chi connectivity index (χ4n) is 2.00. The summed E-state index contributed by atoms with van der Waals surface area (Å²) in [5.41, 5.74) is -2.23. The van der Waals surface area contributed by atoms with Gasteiger partial charge in [-0.2, -0.15) is 24.9 Å². The molecular weight excluding hydrogens is 265 g/mol. The average molecular weight is 284 g/mol. The highest BCUT2D eigenvalue weighted by Crippen LogP contribution is 2.43. The molecule has 7 heteroatoms. The first-order valence-corrected chi connectivity index (χ1v) is 7.38. The number of unbranched alkanes of at least 4 members (excludes halogenated alkanes) is 1. The molecule has 0 aromatic rings. The van der Waals surface area contributed by atoms with E-state index in [0.717, 1.165) is 12.2 Å². The summed E-state index contributed by atoms with van der Waals surface area (Å²) in [6, 6.07) is 0. The summed E-state index contributed by atoms with van der Waals surface area (Å²) < 4.78 is 39.0. The van der Waals surface area contributed by atoms with Gasteiger partial charge in [0.1, 0.15) is 0 Å². The third-order valence-corrected chi connectivity index (χ3v) is 3.89. The monoisotopic (exact) mass is 284 g/mol. The molecule has 0 bridgehead atoms. The number of hydrogen-bond donors (Lipinski definition) is 2. The molecule has 1 unspecified atom stereocenters. The lowest BCUT2D eigenvalue weighted by molar-refractivity contribution is -0.216. The van der Waals surface area contributed by atoms with Crippen molar-refractivity contribution in [3.63, 3.8) is 0 Å². The standard InChI is InChI=1S/C11H19F3N2OS/c1-18-7-3-2-5-16-9(17)10(11(12,13)14)4-6-15-8-10/h15H,2-8H2,1H3,(H,16,17). The molecule has 2 N–H and O–H groups in total. The van der Waals surface area contributed by atoms with Gasteiger partial charge in [0.05, 0.1) is 0 Å². The summed E-state index contributed by atoms with van der Waals surface area (Å²) >= 11 is 1.69. The van der Waals surface area contributed by atoms with Crippen LogP contribution in [0.25, 0.3) is 0 Å². The minimum absolute atomic E-state index is 0.173. The lowest BCUT2D eigenvalue weighted by Gasteiger charge is -2.29. The highest BCUT2D eigenvalue weighted by molar-refractivity contribution is 7.98. The molecule has 106 valence electrons. The van der Waals surface area contributed by atoms with E-state index in [0.29, 0.717) is 13.0 Å². The first-order chi connectivity index (χ1) is 8.44. The molecule has 1 fully saturated rings. The van der Waals surface area contributed by atoms with Gasteiger partial charge in [-0.25, -0.2) is 0 Å². The topological polar surface area (TPSA) is 41.1 Å². The number of rotatable bonds is 6. The Morgan fingerprint density at radius 3 is 2.67 bits per heavy atom. The zero-order valence-corrected chi connectivity index (χ0v) is 11.2. The molecule has 0 radical (unpaired) electrons. The summed E-state index contributed by atoms with van der Waals surface area (Å²) in [7, 11) is 0. The van der Waals surface area contributed by atoms with Crippen LogP contribution in [0.2, 0.25) is 0 Å². The molecule has 0 aromatic carbocycles. The summed E-state index contributed by atoms with van der Waals surface area (Å²) in [5, 5.41) is 5.05. The van der Waals surface area contributed by atoms with Crippen molar-refractivity contribution >= 4 is 17.7 Å². The third kappa shape index (κ3) is 3.54. The van der Waals surface area contributed by atoms with Crippen LogP contribution in [0.1, 0.15) is 19.3 Å². The van der Waals surface area contributed by atoms with Crippen molar-refractivity contribution in [2.75, 3.05) is 31.6 Å². The largest absolute Gasteiger partial charge is 0.404 e. The number of hydrogen-bond acceptors (Lipinski definition) is 3. The van der Waals surface area contributed by atoms with E-state index in [1.54, 1.807) is 11.8 Å². The van der Waals surface area contributed by atoms with Gasteiger partial charge in [0.2, 0.25) is 5.91 Å². The van der Waals surface area contributed by atoms with Crippen molar-refractivity contribution < 1.29 is 18.0 Å². The van der Waals surface area contributed by atoms with E-state index >= 15 is 0 Å². The van der Waals surface area contributed by atoms with Crippen LogP contribution in [-0.2, 0) is 4.79 Å². The predicted octanol–water partition coefficient (Wildman–Crippen LogP) is 1.79. The summed E-state index contributed by atoms with van der Waals surface area (Å²) in [5.74, 6) is 0.0751. The second-order valence-electron chi connectivity index (χ2n) is 4.46. The van der Waals surface area contributed by atoms with E-state index in [1.165, 1.54) is 0 Å². The van der Waals surface area contributed by atoms with Crippen molar-refractivity contribution in [3.05, 3.63) is 0 Å². The lowest BCUT2D eigenvalue weighted by Crippen LogP contribution is -2.52. The Bertz CT molecular complexity index is 278. The van der Waals surface area contributed by atoms with Crippen LogP contribution in [0.15, 0.2) is 0 Å². The van der Waals surface area contributed by atoms with Crippen molar-refractivity contribution in [2.24, 2.45) is 5.41 Å². The van der Waals surface area contributed by atoms with Crippen LogP contribution < -0.4 is 10.6 Å². The van der Waals surface area contributed by atoms with Gasteiger partial charge in [0.15, 0.2) is 5.41 Å². The number of amides is 1. The van der Waals surface area contributed by atoms with Gasteiger partial charge < -0.3 is 10.6 Å². The van der Waals surface area contributed by atoms with Gasteiger partial charge in [-0.1, -0.05) is 0 Å². The van der Waals surface area contributed by atoms with E-state index in [2.05, 4.69) is 10.6 Å². The van der Waals surface area contributed by atoms with Crippen LogP contribution in [0.5, 0.6) is 0 Å². The average Bonchev–Trinajstić information content (AvgIpc) is 2.78. The van der Waals surface area contributed by atoms with Gasteiger partial charge >= 0.3 is 6.18 Å². The van der Waals surface area contributed by atoms with Gasteiger partial charge in [-0.15, -0.1) is 0 Å². The van der Waals surface area contributed by atoms with E-state index in [-0.39, 0.29) is 19.5 Å². The molecule has 18 heavy (non-hydrogen) atoms. The molecule has 1 saturated heterocycles. The Morgan fingerprint density at radius 2 is 2.17 bits per heavy atom. The molecule has 0 aromatic heterocycles. The Hall–Kier alpha value is -0.430. The second kappa shape index (κ2) is 6.65. The first kappa shape index (κ1) is 15.6. The van der Waals surface area contributed by atoms with Gasteiger partial charge in [-0.05, 0) is 37.8 Å². The summed E-state index contributed by atoms with van der Waals surface area (Å²) in [6.45, 7) is 0.240. The maximum atomic E-state index is 13.0. The minimum atomic E-state index is -4.49. The summed E-state index contributed by atoms with van der Waals surface area (Å²) in [4.78, 5) is 11.8. The van der Waals surface area contributed by atoms with Crippen LogP contribution in [0.4, 0.5) is 13.2 Å². The fourth-order valence-corrected chi connectivity index (χ4v) is 2.49. The lowest BCUT2D eigenvalue weighted by atomic mass is 9.85. The van der Waals surface area contributed by atoms with Crippen LogP contribution in [0.3, 0.4) is 0 Å². The first-order valence-electron chi connectivity index (χ1n) is 5.99. The Kier molecular flexibility index (Phi) is 5.78. The number of carbonyl (C=O) groups is 1. The quantitative estimate of drug-likeness (QED) is 0.731. The molecule has 0 aliphatic carbocycles. The smallest absolute Gasteiger partial charge is 0.355 e. The maximum Gasteiger partial charge on any atom is 0.404 e. The highest BCUT2D eigenvalue weighted by atomic mass is 32.2. The Morgan fingerprint density at radius 1 is 1.44 bits per heavy atom. The molecular formula is C11H19F3N2OS. The zero-order chi connectivity index (χ0) is 13.6. The van der Waals surface area contributed by atoms with E-state index < -0.39 is 17.5 Å². The van der Waals surface area contributed by atoms with Gasteiger partial charge in [0, 0.05) is 13.1 Å². The Labute approximate surface area is 109 Å². The molecule has 3 nitrogen and oxygen atoms in total. The molecule has 1 amide bonds. The fraction of sp³-hybridized carbons (Fsp3) is 0.909. The Balaban J connectivity index is 2.47. The predicted molar refractivity (Wildman–Crippen MR) is 66.6 cm³/mol. The minimum Gasteiger partial charge on any atom is -0.355 e. The summed E-state index contributed by atoms with van der Waals surface area (Å²) in [6.07, 6.45) is -1.07. The van der Waals surface area contributed by atoms with Crippen molar-refractivity contribution in [2.45, 2.75) is 25.4 Å². The number of thioether (sulfide) groups is 1. The normalized spacial score (nSPS) is 24.2. The third-order valence-electron chi connectivity index (χ3n) is 3.19. The van der Waals surface area contributed by atoms with E-state index in [9.17, 15) is 18.0 Å². The van der Waals surface area contributed by atoms with Gasteiger partial charge in [0.25, 0.3) is 0 Å². The molecule has 0 saturated carbocycles. The van der Waals surface area contributed by atoms with Gasteiger partial charge in [-0.3, -0.25) is 4.79 Å². The van der Waals surface area contributed by atoms with Crippen LogP contribution >= 0.6 is 11.8 Å². The SMILES string of the molecule is CSCCCCNC(=O)C1(C(F)(F)F)CCNC1. The number of halogens is 3. The van der Waals surface area contributed by atoms with Crippen LogP contribution in [0, 0.1) is 5.41 Å². The van der Waals surface area contributed by atoms with Crippen LogP contribution in [-0.4, -0.2) is 43.7 Å².